The van der Waals surface area contributed by atoms with Gasteiger partial charge in [-0.1, -0.05) is 0 Å². The number of benzene rings is 1. The van der Waals surface area contributed by atoms with E-state index in [1.807, 2.05) is 6.20 Å². The fourth-order valence-electron chi connectivity index (χ4n) is 3.87. The van der Waals surface area contributed by atoms with Crippen molar-refractivity contribution in [3.63, 3.8) is 0 Å². The molecule has 5 nitrogen and oxygen atoms in total. The molecule has 138 valence electrons. The van der Waals surface area contributed by atoms with E-state index in [1.165, 1.54) is 0 Å². The number of aryl methyl sites for hydroxylation is 1. The van der Waals surface area contributed by atoms with Gasteiger partial charge in [-0.05, 0) is 61.6 Å². The van der Waals surface area contributed by atoms with Gasteiger partial charge < -0.3 is 9.84 Å². The maximum absolute atomic E-state index is 10.8. The van der Waals surface area contributed by atoms with Crippen LogP contribution in [-0.2, 0) is 4.74 Å². The van der Waals surface area contributed by atoms with Gasteiger partial charge in [0.1, 0.15) is 4.83 Å². The molecule has 1 aromatic carbocycles. The molecule has 1 aliphatic rings. The molecular formula is C21H21N3O2S. The van der Waals surface area contributed by atoms with E-state index in [9.17, 15) is 5.11 Å². The summed E-state index contributed by atoms with van der Waals surface area (Å²) < 4.78 is 5.42. The minimum Gasteiger partial charge on any atom is -0.387 e. The van der Waals surface area contributed by atoms with Gasteiger partial charge >= 0.3 is 0 Å². The van der Waals surface area contributed by atoms with Crippen LogP contribution >= 0.6 is 11.3 Å². The summed E-state index contributed by atoms with van der Waals surface area (Å²) >= 11 is 1.60. The molecule has 2 N–H and O–H groups in total. The quantitative estimate of drug-likeness (QED) is 0.545. The van der Waals surface area contributed by atoms with Crippen molar-refractivity contribution in [2.45, 2.75) is 25.9 Å². The summed E-state index contributed by atoms with van der Waals surface area (Å²) in [6, 6.07) is 10.5. The summed E-state index contributed by atoms with van der Waals surface area (Å²) in [5.74, 6) is 0.275. The highest BCUT2D eigenvalue weighted by Gasteiger charge is 2.25. The number of rotatable bonds is 3. The Labute approximate surface area is 161 Å². The van der Waals surface area contributed by atoms with Crippen LogP contribution in [0.4, 0.5) is 0 Å². The zero-order valence-corrected chi connectivity index (χ0v) is 15.9. The topological polar surface area (TPSA) is 71.0 Å². The first kappa shape index (κ1) is 16.9. The van der Waals surface area contributed by atoms with E-state index in [-0.39, 0.29) is 5.92 Å². The van der Waals surface area contributed by atoms with Crippen LogP contribution in [0, 0.1) is 12.8 Å². The highest BCUT2D eigenvalue weighted by atomic mass is 32.1. The van der Waals surface area contributed by atoms with Gasteiger partial charge in [-0.3, -0.25) is 5.10 Å². The third-order valence-corrected chi connectivity index (χ3v) is 6.58. The monoisotopic (exact) mass is 379 g/mol. The molecule has 0 spiro atoms. The number of hydrogen-bond donors (Lipinski definition) is 2. The second-order valence-electron chi connectivity index (χ2n) is 7.26. The standard InChI is InChI=1S/C21H21N3O2S/c1-12-8-18-15(11-22-24-18)9-16(12)17-3-2-14-10-19(27-21(14)23-17)20(25)13-4-6-26-7-5-13/h2-3,8-11,13,20,25H,4-7H2,1H3,(H,22,24)/t20-/m0/s1. The minimum atomic E-state index is -0.430. The lowest BCUT2D eigenvalue weighted by molar-refractivity contribution is 0.00856. The van der Waals surface area contributed by atoms with Gasteiger partial charge in [0.05, 0.1) is 23.5 Å². The summed E-state index contributed by atoms with van der Waals surface area (Å²) in [4.78, 5) is 6.87. The van der Waals surface area contributed by atoms with E-state index in [2.05, 4.69) is 47.5 Å². The van der Waals surface area contributed by atoms with Crippen LogP contribution in [-0.4, -0.2) is 33.5 Å². The molecule has 3 aromatic heterocycles. The van der Waals surface area contributed by atoms with E-state index in [0.717, 1.165) is 68.9 Å². The highest BCUT2D eigenvalue weighted by Crippen LogP contribution is 2.37. The van der Waals surface area contributed by atoms with Gasteiger partial charge in [0, 0.05) is 34.4 Å². The first-order valence-corrected chi connectivity index (χ1v) is 10.1. The molecule has 0 amide bonds. The molecule has 0 radical (unpaired) electrons. The SMILES string of the molecule is Cc1cc2[nH]ncc2cc1-c1ccc2cc([C@@H](O)C3CCOCC3)sc2n1. The summed E-state index contributed by atoms with van der Waals surface area (Å²) in [5.41, 5.74) is 4.27. The van der Waals surface area contributed by atoms with E-state index in [0.29, 0.717) is 0 Å². The molecule has 1 atom stereocenters. The summed E-state index contributed by atoms with van der Waals surface area (Å²) in [6.07, 6.45) is 3.24. The van der Waals surface area contributed by atoms with Gasteiger partial charge in [0.15, 0.2) is 0 Å². The zero-order chi connectivity index (χ0) is 18.4. The van der Waals surface area contributed by atoms with Crippen molar-refractivity contribution in [3.05, 3.63) is 47.0 Å². The van der Waals surface area contributed by atoms with Crippen molar-refractivity contribution < 1.29 is 9.84 Å². The van der Waals surface area contributed by atoms with Crippen LogP contribution in [0.5, 0.6) is 0 Å². The largest absolute Gasteiger partial charge is 0.387 e. The molecule has 1 fully saturated rings. The lowest BCUT2D eigenvalue weighted by Gasteiger charge is -2.25. The normalized spacial score (nSPS) is 17.0. The number of fused-ring (bicyclic) bond motifs is 2. The maximum atomic E-state index is 10.8. The second kappa shape index (κ2) is 6.71. The molecule has 1 saturated heterocycles. The molecule has 0 aliphatic carbocycles. The molecule has 0 bridgehead atoms. The first-order chi connectivity index (χ1) is 13.2. The fourth-order valence-corrected chi connectivity index (χ4v) is 4.98. The molecule has 4 heterocycles. The maximum Gasteiger partial charge on any atom is 0.124 e. The van der Waals surface area contributed by atoms with Crippen molar-refractivity contribution in [1.29, 1.82) is 0 Å². The van der Waals surface area contributed by atoms with E-state index < -0.39 is 6.10 Å². The number of pyridine rings is 1. The number of H-pyrrole nitrogens is 1. The summed E-state index contributed by atoms with van der Waals surface area (Å²) in [6.45, 7) is 3.58. The molecule has 5 rings (SSSR count). The Morgan fingerprint density at radius 1 is 1.19 bits per heavy atom. The number of thiophene rings is 1. The Hall–Kier alpha value is -2.28. The number of aromatic nitrogens is 3. The highest BCUT2D eigenvalue weighted by molar-refractivity contribution is 7.18. The third-order valence-electron chi connectivity index (χ3n) is 5.47. The lowest BCUT2D eigenvalue weighted by atomic mass is 9.93. The molecule has 27 heavy (non-hydrogen) atoms. The van der Waals surface area contributed by atoms with Crippen molar-refractivity contribution >= 4 is 32.5 Å². The molecule has 1 aliphatic heterocycles. The van der Waals surface area contributed by atoms with Gasteiger partial charge in [0.25, 0.3) is 0 Å². The summed E-state index contributed by atoms with van der Waals surface area (Å²) in [5, 5.41) is 20.1. The Bertz CT molecular complexity index is 1110. The lowest BCUT2D eigenvalue weighted by Crippen LogP contribution is -2.21. The van der Waals surface area contributed by atoms with Crippen LogP contribution in [0.15, 0.2) is 36.5 Å². The van der Waals surface area contributed by atoms with Crippen LogP contribution < -0.4 is 0 Å². The zero-order valence-electron chi connectivity index (χ0n) is 15.1. The number of ether oxygens (including phenoxy) is 1. The van der Waals surface area contributed by atoms with Crippen molar-refractivity contribution in [3.8, 4) is 11.3 Å². The van der Waals surface area contributed by atoms with E-state index >= 15 is 0 Å². The summed E-state index contributed by atoms with van der Waals surface area (Å²) in [7, 11) is 0. The van der Waals surface area contributed by atoms with Crippen LogP contribution in [0.1, 0.15) is 29.4 Å². The van der Waals surface area contributed by atoms with E-state index in [1.54, 1.807) is 11.3 Å². The number of aliphatic hydroxyl groups excluding tert-OH is 1. The number of aliphatic hydroxyl groups is 1. The Balaban J connectivity index is 1.52. The first-order valence-electron chi connectivity index (χ1n) is 9.29. The van der Waals surface area contributed by atoms with Gasteiger partial charge in [0.2, 0.25) is 0 Å². The number of aromatic amines is 1. The minimum absolute atomic E-state index is 0.275. The van der Waals surface area contributed by atoms with E-state index in [4.69, 9.17) is 9.72 Å². The van der Waals surface area contributed by atoms with Crippen molar-refractivity contribution in [2.75, 3.05) is 13.2 Å². The fraction of sp³-hybridized carbons (Fsp3) is 0.333. The van der Waals surface area contributed by atoms with Gasteiger partial charge in [-0.15, -0.1) is 11.3 Å². The number of nitrogens with one attached hydrogen (secondary N) is 1. The van der Waals surface area contributed by atoms with Gasteiger partial charge in [-0.2, -0.15) is 5.10 Å². The third kappa shape index (κ3) is 3.04. The predicted octanol–water partition coefficient (Wildman–Crippen LogP) is 4.61. The Morgan fingerprint density at radius 3 is 2.89 bits per heavy atom. The Kier molecular flexibility index (Phi) is 4.19. The molecule has 6 heteroatoms. The van der Waals surface area contributed by atoms with Crippen molar-refractivity contribution in [2.24, 2.45) is 5.92 Å². The van der Waals surface area contributed by atoms with Crippen molar-refractivity contribution in [1.82, 2.24) is 15.2 Å². The molecular weight excluding hydrogens is 358 g/mol. The predicted molar refractivity (Wildman–Crippen MR) is 108 cm³/mol. The average molecular weight is 379 g/mol. The van der Waals surface area contributed by atoms with Gasteiger partial charge in [-0.25, -0.2) is 4.98 Å². The van der Waals surface area contributed by atoms with Crippen LogP contribution in [0.3, 0.4) is 0 Å². The average Bonchev–Trinajstić information content (AvgIpc) is 3.33. The van der Waals surface area contributed by atoms with Crippen LogP contribution in [0.25, 0.3) is 32.4 Å². The molecule has 0 saturated carbocycles. The Morgan fingerprint density at radius 2 is 2.04 bits per heavy atom. The smallest absolute Gasteiger partial charge is 0.124 e. The van der Waals surface area contributed by atoms with Crippen LogP contribution in [0.2, 0.25) is 0 Å². The second-order valence-corrected chi connectivity index (χ2v) is 8.32. The number of nitrogens with zero attached hydrogens (tertiary/aromatic N) is 2. The molecule has 4 aromatic rings. The number of hydrogen-bond acceptors (Lipinski definition) is 5. The molecule has 0 unspecified atom stereocenters.